The number of amides is 1. The Morgan fingerprint density at radius 3 is 3.13 bits per heavy atom. The second-order valence-electron chi connectivity index (χ2n) is 5.96. The van der Waals surface area contributed by atoms with Crippen molar-refractivity contribution in [2.24, 2.45) is 0 Å². The molecule has 0 aliphatic carbocycles. The fourth-order valence-corrected chi connectivity index (χ4v) is 3.44. The van der Waals surface area contributed by atoms with Crippen LogP contribution in [0.5, 0.6) is 0 Å². The van der Waals surface area contributed by atoms with Gasteiger partial charge in [-0.15, -0.1) is 0 Å². The third-order valence-electron chi connectivity index (χ3n) is 4.03. The Morgan fingerprint density at radius 2 is 2.39 bits per heavy atom. The molecule has 1 amide bonds. The number of aliphatic hydroxyl groups is 1. The third kappa shape index (κ3) is 3.86. The number of carbonyl (C=O) groups is 1. The average Bonchev–Trinajstić information content (AvgIpc) is 3.07. The molecular formula is C16H20N4O2S. The Morgan fingerprint density at radius 1 is 1.52 bits per heavy atom. The van der Waals surface area contributed by atoms with Gasteiger partial charge in [-0.05, 0) is 31.2 Å². The maximum Gasteiger partial charge on any atom is 0.252 e. The van der Waals surface area contributed by atoms with Gasteiger partial charge in [-0.1, -0.05) is 0 Å². The third-order valence-corrected chi connectivity index (χ3v) is 4.71. The van der Waals surface area contributed by atoms with Gasteiger partial charge in [0.15, 0.2) is 0 Å². The lowest BCUT2D eigenvalue weighted by molar-refractivity contribution is 0.0254. The molecule has 2 N–H and O–H groups in total. The lowest BCUT2D eigenvalue weighted by Crippen LogP contribution is -2.54. The minimum atomic E-state index is -0.942. The van der Waals surface area contributed by atoms with Crippen molar-refractivity contribution in [3.63, 3.8) is 0 Å². The van der Waals surface area contributed by atoms with Crippen LogP contribution in [0, 0.1) is 6.92 Å². The SMILES string of the molecule is Cc1cc(N2CCC[C@@](O)(CNC(=O)c3ccsc3)C2)ncn1. The second-order valence-corrected chi connectivity index (χ2v) is 6.74. The standard InChI is InChI=1S/C16H20N4O2S/c1-12-7-14(19-11-18-12)20-5-2-4-16(22,10-20)9-17-15(21)13-3-6-23-8-13/h3,6-8,11,22H,2,4-5,9-10H2,1H3,(H,17,21)/t16-/m1/s1. The van der Waals surface area contributed by atoms with E-state index in [0.717, 1.165) is 24.5 Å². The normalized spacial score (nSPS) is 21.2. The van der Waals surface area contributed by atoms with E-state index < -0.39 is 5.60 Å². The molecule has 0 radical (unpaired) electrons. The number of thiophene rings is 1. The first-order chi connectivity index (χ1) is 11.1. The fraction of sp³-hybridized carbons (Fsp3) is 0.438. The van der Waals surface area contributed by atoms with E-state index in [-0.39, 0.29) is 12.5 Å². The number of hydrogen-bond donors (Lipinski definition) is 2. The molecule has 1 aliphatic heterocycles. The first kappa shape index (κ1) is 15.9. The van der Waals surface area contributed by atoms with Crippen LogP contribution in [0.15, 0.2) is 29.2 Å². The monoisotopic (exact) mass is 332 g/mol. The topological polar surface area (TPSA) is 78.4 Å². The van der Waals surface area contributed by atoms with Crippen LogP contribution in [0.3, 0.4) is 0 Å². The van der Waals surface area contributed by atoms with E-state index in [9.17, 15) is 9.90 Å². The lowest BCUT2D eigenvalue weighted by atomic mass is 9.92. The second kappa shape index (κ2) is 6.64. The van der Waals surface area contributed by atoms with Gasteiger partial charge >= 0.3 is 0 Å². The highest BCUT2D eigenvalue weighted by molar-refractivity contribution is 7.08. The largest absolute Gasteiger partial charge is 0.386 e. The molecule has 2 aromatic rings. The number of rotatable bonds is 4. The molecule has 0 bridgehead atoms. The predicted octanol–water partition coefficient (Wildman–Crippen LogP) is 1.61. The zero-order chi connectivity index (χ0) is 16.3. The number of nitrogens with one attached hydrogen (secondary N) is 1. The van der Waals surface area contributed by atoms with Gasteiger partial charge in [-0.25, -0.2) is 9.97 Å². The molecule has 7 heteroatoms. The number of carbonyl (C=O) groups excluding carboxylic acids is 1. The van der Waals surface area contributed by atoms with Crippen molar-refractivity contribution in [3.8, 4) is 0 Å². The van der Waals surface area contributed by atoms with Crippen molar-refractivity contribution in [1.82, 2.24) is 15.3 Å². The number of β-amino-alcohol motifs (C(OH)–C–C–N with tert-alkyl or cyclic N) is 1. The zero-order valence-electron chi connectivity index (χ0n) is 13.0. The van der Waals surface area contributed by atoms with Gasteiger partial charge in [0.2, 0.25) is 0 Å². The average molecular weight is 332 g/mol. The molecule has 0 unspecified atom stereocenters. The van der Waals surface area contributed by atoms with E-state index in [1.165, 1.54) is 17.7 Å². The molecule has 2 aromatic heterocycles. The van der Waals surface area contributed by atoms with E-state index in [2.05, 4.69) is 20.2 Å². The highest BCUT2D eigenvalue weighted by Gasteiger charge is 2.34. The van der Waals surface area contributed by atoms with Crippen LogP contribution in [0.2, 0.25) is 0 Å². The number of aryl methyl sites for hydroxylation is 1. The van der Waals surface area contributed by atoms with Gasteiger partial charge in [0.05, 0.1) is 5.60 Å². The molecule has 1 atom stereocenters. The van der Waals surface area contributed by atoms with Crippen LogP contribution in [-0.4, -0.2) is 46.2 Å². The minimum absolute atomic E-state index is 0.144. The van der Waals surface area contributed by atoms with Gasteiger partial charge < -0.3 is 15.3 Å². The molecule has 0 spiro atoms. The Bertz CT molecular complexity index is 676. The predicted molar refractivity (Wildman–Crippen MR) is 89.8 cm³/mol. The zero-order valence-corrected chi connectivity index (χ0v) is 13.8. The van der Waals surface area contributed by atoms with Gasteiger partial charge in [-0.2, -0.15) is 11.3 Å². The Labute approximate surface area is 139 Å². The maximum absolute atomic E-state index is 12.0. The molecule has 1 fully saturated rings. The van der Waals surface area contributed by atoms with E-state index in [1.807, 2.05) is 18.4 Å². The first-order valence-corrected chi connectivity index (χ1v) is 8.56. The summed E-state index contributed by atoms with van der Waals surface area (Å²) >= 11 is 1.48. The molecule has 1 aliphatic rings. The molecule has 122 valence electrons. The summed E-state index contributed by atoms with van der Waals surface area (Å²) in [7, 11) is 0. The Balaban J connectivity index is 1.63. The molecule has 0 saturated carbocycles. The number of nitrogens with zero attached hydrogens (tertiary/aromatic N) is 3. The quantitative estimate of drug-likeness (QED) is 0.889. The highest BCUT2D eigenvalue weighted by Crippen LogP contribution is 2.24. The van der Waals surface area contributed by atoms with E-state index in [0.29, 0.717) is 18.5 Å². The maximum atomic E-state index is 12.0. The van der Waals surface area contributed by atoms with Crippen molar-refractivity contribution in [2.75, 3.05) is 24.5 Å². The molecule has 6 nitrogen and oxygen atoms in total. The molecule has 3 heterocycles. The van der Waals surface area contributed by atoms with Crippen LogP contribution >= 0.6 is 11.3 Å². The first-order valence-electron chi connectivity index (χ1n) is 7.62. The van der Waals surface area contributed by atoms with E-state index in [1.54, 1.807) is 11.4 Å². The van der Waals surface area contributed by atoms with Crippen molar-refractivity contribution in [3.05, 3.63) is 40.5 Å². The van der Waals surface area contributed by atoms with Crippen molar-refractivity contribution >= 4 is 23.1 Å². The van der Waals surface area contributed by atoms with Crippen LogP contribution in [-0.2, 0) is 0 Å². The number of piperidine rings is 1. The summed E-state index contributed by atoms with van der Waals surface area (Å²) in [6.45, 7) is 3.45. The van der Waals surface area contributed by atoms with Crippen LogP contribution in [0.1, 0.15) is 28.9 Å². The van der Waals surface area contributed by atoms with Gasteiger partial charge in [0.1, 0.15) is 12.1 Å². The molecule has 0 aromatic carbocycles. The summed E-state index contributed by atoms with van der Waals surface area (Å²) in [5.74, 6) is 0.675. The summed E-state index contributed by atoms with van der Waals surface area (Å²) in [5, 5.41) is 17.3. The Kier molecular flexibility index (Phi) is 4.58. The summed E-state index contributed by atoms with van der Waals surface area (Å²) in [6, 6.07) is 3.69. The number of anilines is 1. The van der Waals surface area contributed by atoms with Crippen molar-refractivity contribution < 1.29 is 9.90 Å². The summed E-state index contributed by atoms with van der Waals surface area (Å²) in [4.78, 5) is 22.5. The van der Waals surface area contributed by atoms with Gasteiger partial charge in [0.25, 0.3) is 5.91 Å². The minimum Gasteiger partial charge on any atom is -0.386 e. The summed E-state index contributed by atoms with van der Waals surface area (Å²) < 4.78 is 0. The molecule has 23 heavy (non-hydrogen) atoms. The number of aromatic nitrogens is 2. The van der Waals surface area contributed by atoms with Crippen LogP contribution < -0.4 is 10.2 Å². The van der Waals surface area contributed by atoms with Crippen molar-refractivity contribution in [1.29, 1.82) is 0 Å². The van der Waals surface area contributed by atoms with Crippen LogP contribution in [0.4, 0.5) is 5.82 Å². The van der Waals surface area contributed by atoms with Crippen molar-refractivity contribution in [2.45, 2.75) is 25.4 Å². The van der Waals surface area contributed by atoms with E-state index >= 15 is 0 Å². The van der Waals surface area contributed by atoms with Gasteiger partial charge in [-0.3, -0.25) is 4.79 Å². The smallest absolute Gasteiger partial charge is 0.252 e. The molecule has 3 rings (SSSR count). The Hall–Kier alpha value is -1.99. The summed E-state index contributed by atoms with van der Waals surface area (Å²) in [6.07, 6.45) is 3.06. The molecule has 1 saturated heterocycles. The van der Waals surface area contributed by atoms with E-state index in [4.69, 9.17) is 0 Å². The fourth-order valence-electron chi connectivity index (χ4n) is 2.81. The lowest BCUT2D eigenvalue weighted by Gasteiger charge is -2.39. The molecular weight excluding hydrogens is 312 g/mol. The summed E-state index contributed by atoms with van der Waals surface area (Å²) in [5.41, 5.74) is 0.593. The van der Waals surface area contributed by atoms with Crippen LogP contribution in [0.25, 0.3) is 0 Å². The highest BCUT2D eigenvalue weighted by atomic mass is 32.1. The van der Waals surface area contributed by atoms with Gasteiger partial charge in [0, 0.05) is 42.3 Å². The number of hydrogen-bond acceptors (Lipinski definition) is 6.